The maximum Gasteiger partial charge on any atom is 0.223 e. The van der Waals surface area contributed by atoms with Crippen molar-refractivity contribution in [3.8, 4) is 0 Å². The van der Waals surface area contributed by atoms with Crippen LogP contribution in [0.1, 0.15) is 56.9 Å². The van der Waals surface area contributed by atoms with Crippen LogP contribution >= 0.6 is 8.46 Å². The summed E-state index contributed by atoms with van der Waals surface area (Å²) in [6, 6.07) is 7.11. The first-order valence-electron chi connectivity index (χ1n) is 9.07. The van der Waals surface area contributed by atoms with Gasteiger partial charge in [-0.3, -0.25) is 9.36 Å². The molecule has 1 amide bonds. The molecule has 0 N–H and O–H groups in total. The molecule has 1 saturated carbocycles. The summed E-state index contributed by atoms with van der Waals surface area (Å²) in [5.41, 5.74) is 0.717. The Morgan fingerprint density at radius 3 is 2.79 bits per heavy atom. The van der Waals surface area contributed by atoms with Gasteiger partial charge in [-0.25, -0.2) is 4.39 Å². The number of carbonyl (C=O) groups excluding carboxylic acids is 1. The van der Waals surface area contributed by atoms with E-state index in [1.54, 1.807) is 12.1 Å². The highest BCUT2D eigenvalue weighted by Crippen LogP contribution is 2.43. The van der Waals surface area contributed by atoms with Crippen LogP contribution < -0.4 is 0 Å². The standard InChI is InChI=1S/C19H25FNO2P/c20-16-10-4-1-7-14(16)8-3-6-12-18(22)21-17-11-5-2-9-15(17)13-19(21)24-23/h1,4,7,10,15,17,19H,2-3,5-6,8-9,11-13H2. The van der Waals surface area contributed by atoms with Crippen LogP contribution in [0.3, 0.4) is 0 Å². The lowest BCUT2D eigenvalue weighted by atomic mass is 9.85. The van der Waals surface area contributed by atoms with Crippen LogP contribution in [0.2, 0.25) is 0 Å². The molecule has 1 heterocycles. The molecule has 1 aliphatic heterocycles. The van der Waals surface area contributed by atoms with Crippen LogP contribution in [0.15, 0.2) is 24.3 Å². The lowest BCUT2D eigenvalue weighted by Crippen LogP contribution is -2.41. The molecule has 2 fully saturated rings. The second-order valence-electron chi connectivity index (χ2n) is 7.03. The van der Waals surface area contributed by atoms with Gasteiger partial charge in [-0.05, 0) is 56.1 Å². The fraction of sp³-hybridized carbons (Fsp3) is 0.632. The smallest absolute Gasteiger partial charge is 0.223 e. The Balaban J connectivity index is 1.50. The van der Waals surface area contributed by atoms with Gasteiger partial charge >= 0.3 is 0 Å². The molecule has 1 saturated heterocycles. The first kappa shape index (κ1) is 17.5. The van der Waals surface area contributed by atoms with E-state index in [0.717, 1.165) is 37.7 Å². The number of halogens is 1. The van der Waals surface area contributed by atoms with Gasteiger partial charge in [0.15, 0.2) is 8.46 Å². The zero-order valence-corrected chi connectivity index (χ0v) is 14.9. The van der Waals surface area contributed by atoms with Crippen LogP contribution in [0, 0.1) is 11.7 Å². The van der Waals surface area contributed by atoms with Crippen LogP contribution in [-0.4, -0.2) is 22.6 Å². The summed E-state index contributed by atoms with van der Waals surface area (Å²) in [6.07, 6.45) is 8.19. The predicted octanol–water partition coefficient (Wildman–Crippen LogP) is 4.95. The van der Waals surface area contributed by atoms with Crippen LogP contribution in [0.4, 0.5) is 4.39 Å². The van der Waals surface area contributed by atoms with Crippen molar-refractivity contribution in [1.29, 1.82) is 0 Å². The molecule has 3 nitrogen and oxygen atoms in total. The minimum Gasteiger partial charge on any atom is -0.326 e. The Kier molecular flexibility index (Phi) is 5.99. The average molecular weight is 349 g/mol. The zero-order valence-electron chi connectivity index (χ0n) is 14.0. The van der Waals surface area contributed by atoms with Gasteiger partial charge in [-0.15, -0.1) is 0 Å². The van der Waals surface area contributed by atoms with E-state index in [1.165, 1.54) is 18.9 Å². The van der Waals surface area contributed by atoms with Crippen molar-refractivity contribution in [2.75, 3.05) is 0 Å². The van der Waals surface area contributed by atoms with Crippen LogP contribution in [0.25, 0.3) is 0 Å². The normalized spacial score (nSPS) is 26.5. The minimum absolute atomic E-state index is 0.0777. The topological polar surface area (TPSA) is 37.4 Å². The van der Waals surface area contributed by atoms with Gasteiger partial charge in [0, 0.05) is 12.5 Å². The molecule has 0 spiro atoms. The average Bonchev–Trinajstić information content (AvgIpc) is 2.98. The second-order valence-corrected chi connectivity index (χ2v) is 7.84. The Bertz CT molecular complexity index is 594. The van der Waals surface area contributed by atoms with Crippen molar-refractivity contribution in [1.82, 2.24) is 4.90 Å². The van der Waals surface area contributed by atoms with E-state index >= 15 is 0 Å². The molecular weight excluding hydrogens is 324 g/mol. The molecule has 3 atom stereocenters. The van der Waals surface area contributed by atoms with E-state index < -0.39 is 0 Å². The Hall–Kier alpha value is -1.28. The van der Waals surface area contributed by atoms with Crippen LogP contribution in [0.5, 0.6) is 0 Å². The molecule has 0 aromatic heterocycles. The summed E-state index contributed by atoms with van der Waals surface area (Å²) >= 11 is 0. The SMILES string of the molecule is O=PC1CC2CCCCC2N1C(=O)CCCCc1ccccc1F. The van der Waals surface area contributed by atoms with E-state index in [2.05, 4.69) is 0 Å². The number of aryl methyl sites for hydroxylation is 1. The van der Waals surface area contributed by atoms with Gasteiger partial charge in [0.1, 0.15) is 11.6 Å². The number of carbonyl (C=O) groups is 1. The fourth-order valence-electron chi connectivity index (χ4n) is 4.30. The highest BCUT2D eigenvalue weighted by atomic mass is 31.1. The number of benzene rings is 1. The Morgan fingerprint density at radius 2 is 2.00 bits per heavy atom. The lowest BCUT2D eigenvalue weighted by Gasteiger charge is -2.32. The summed E-state index contributed by atoms with van der Waals surface area (Å²) in [5.74, 6) is 0.370. The highest BCUT2D eigenvalue weighted by molar-refractivity contribution is 7.24. The van der Waals surface area contributed by atoms with Gasteiger partial charge in [0.05, 0.1) is 0 Å². The number of hydrogen-bond donors (Lipinski definition) is 0. The Labute approximate surface area is 144 Å². The first-order valence-corrected chi connectivity index (χ1v) is 9.96. The number of unbranched alkanes of at least 4 members (excludes halogenated alkanes) is 1. The van der Waals surface area contributed by atoms with Gasteiger partial charge in [-0.1, -0.05) is 31.0 Å². The van der Waals surface area contributed by atoms with Gasteiger partial charge in [-0.2, -0.15) is 0 Å². The fourth-order valence-corrected chi connectivity index (χ4v) is 5.06. The van der Waals surface area contributed by atoms with E-state index in [1.807, 2.05) is 11.0 Å². The largest absolute Gasteiger partial charge is 0.326 e. The van der Waals surface area contributed by atoms with Crippen molar-refractivity contribution < 1.29 is 13.8 Å². The molecule has 2 aliphatic rings. The molecule has 0 bridgehead atoms. The maximum absolute atomic E-state index is 13.6. The van der Waals surface area contributed by atoms with Crippen molar-refractivity contribution in [2.45, 2.75) is 69.6 Å². The van der Waals surface area contributed by atoms with E-state index in [0.29, 0.717) is 24.8 Å². The molecule has 0 radical (unpaired) electrons. The number of rotatable bonds is 6. The van der Waals surface area contributed by atoms with Crippen molar-refractivity contribution >= 4 is 14.4 Å². The second kappa shape index (κ2) is 8.20. The number of hydrogen-bond acceptors (Lipinski definition) is 2. The number of nitrogens with zero attached hydrogens (tertiary/aromatic N) is 1. The summed E-state index contributed by atoms with van der Waals surface area (Å²) in [4.78, 5) is 14.6. The van der Waals surface area contributed by atoms with Crippen LogP contribution in [-0.2, 0) is 15.8 Å². The van der Waals surface area contributed by atoms with Crippen molar-refractivity contribution in [3.63, 3.8) is 0 Å². The molecule has 3 rings (SSSR count). The van der Waals surface area contributed by atoms with E-state index in [9.17, 15) is 13.8 Å². The molecular formula is C19H25FNO2P. The third-order valence-corrected chi connectivity index (χ3v) is 6.22. The van der Waals surface area contributed by atoms with Crippen molar-refractivity contribution in [2.24, 2.45) is 5.92 Å². The summed E-state index contributed by atoms with van der Waals surface area (Å²) in [7, 11) is 0.0777. The van der Waals surface area contributed by atoms with E-state index in [-0.39, 0.29) is 26.0 Å². The third-order valence-electron chi connectivity index (χ3n) is 5.52. The lowest BCUT2D eigenvalue weighted by molar-refractivity contribution is -0.133. The molecule has 1 aromatic carbocycles. The number of amides is 1. The molecule has 5 heteroatoms. The quantitative estimate of drug-likeness (QED) is 0.538. The highest BCUT2D eigenvalue weighted by Gasteiger charge is 2.44. The molecule has 24 heavy (non-hydrogen) atoms. The monoisotopic (exact) mass is 349 g/mol. The summed E-state index contributed by atoms with van der Waals surface area (Å²) < 4.78 is 25.1. The van der Waals surface area contributed by atoms with E-state index in [4.69, 9.17) is 0 Å². The number of fused-ring (bicyclic) bond motifs is 1. The summed E-state index contributed by atoms with van der Waals surface area (Å²) in [5, 5.41) is 0. The maximum atomic E-state index is 13.6. The molecule has 3 unspecified atom stereocenters. The molecule has 130 valence electrons. The number of likely N-dealkylation sites (tertiary alicyclic amines) is 1. The summed E-state index contributed by atoms with van der Waals surface area (Å²) in [6.45, 7) is 0. The minimum atomic E-state index is -0.168. The van der Waals surface area contributed by atoms with Crippen molar-refractivity contribution in [3.05, 3.63) is 35.6 Å². The van der Waals surface area contributed by atoms with Gasteiger partial charge < -0.3 is 4.90 Å². The zero-order chi connectivity index (χ0) is 16.9. The third kappa shape index (κ3) is 3.85. The van der Waals surface area contributed by atoms with Gasteiger partial charge in [0.25, 0.3) is 0 Å². The Morgan fingerprint density at radius 1 is 1.21 bits per heavy atom. The first-order chi connectivity index (χ1) is 11.7. The molecule has 1 aromatic rings. The predicted molar refractivity (Wildman–Crippen MR) is 92.6 cm³/mol. The molecule has 1 aliphatic carbocycles. The van der Waals surface area contributed by atoms with Gasteiger partial charge in [0.2, 0.25) is 5.91 Å².